The quantitative estimate of drug-likeness (QED) is 0.403. The summed E-state index contributed by atoms with van der Waals surface area (Å²) in [6.07, 6.45) is 4.03. The van der Waals surface area contributed by atoms with Crippen LogP contribution in [0.2, 0.25) is 0 Å². The molecular formula is C19H22O3. The molecule has 0 aliphatic rings. The SMILES string of the molecule is CCCCCc1ccc(OC(=O)OCc2ccccc2)cc1. The molecule has 3 nitrogen and oxygen atoms in total. The molecule has 116 valence electrons. The maximum absolute atomic E-state index is 11.6. The summed E-state index contributed by atoms with van der Waals surface area (Å²) < 4.78 is 10.2. The van der Waals surface area contributed by atoms with Crippen LogP contribution in [0.25, 0.3) is 0 Å². The third kappa shape index (κ3) is 5.60. The van der Waals surface area contributed by atoms with Crippen LogP contribution < -0.4 is 4.74 Å². The molecule has 0 amide bonds. The Labute approximate surface area is 131 Å². The Morgan fingerprint density at radius 1 is 0.909 bits per heavy atom. The second-order valence-electron chi connectivity index (χ2n) is 5.23. The summed E-state index contributed by atoms with van der Waals surface area (Å²) in [5.41, 5.74) is 2.20. The minimum atomic E-state index is -0.678. The lowest BCUT2D eigenvalue weighted by molar-refractivity contribution is 0.0928. The van der Waals surface area contributed by atoms with E-state index in [4.69, 9.17) is 9.47 Å². The Bertz CT molecular complexity index is 561. The van der Waals surface area contributed by atoms with Gasteiger partial charge < -0.3 is 9.47 Å². The van der Waals surface area contributed by atoms with Crippen molar-refractivity contribution in [2.45, 2.75) is 39.2 Å². The number of hydrogen-bond donors (Lipinski definition) is 0. The first kappa shape index (κ1) is 16.1. The summed E-state index contributed by atoms with van der Waals surface area (Å²) in [6, 6.07) is 17.1. The summed E-state index contributed by atoms with van der Waals surface area (Å²) in [7, 11) is 0. The number of benzene rings is 2. The fourth-order valence-electron chi connectivity index (χ4n) is 2.15. The molecule has 0 aliphatic heterocycles. The van der Waals surface area contributed by atoms with Gasteiger partial charge in [0, 0.05) is 0 Å². The monoisotopic (exact) mass is 298 g/mol. The van der Waals surface area contributed by atoms with Gasteiger partial charge in [0.1, 0.15) is 12.4 Å². The van der Waals surface area contributed by atoms with E-state index >= 15 is 0 Å². The highest BCUT2D eigenvalue weighted by molar-refractivity contribution is 5.63. The van der Waals surface area contributed by atoms with Crippen molar-refractivity contribution in [3.05, 3.63) is 65.7 Å². The van der Waals surface area contributed by atoms with Crippen LogP contribution in [-0.2, 0) is 17.8 Å². The van der Waals surface area contributed by atoms with Crippen LogP contribution in [0.4, 0.5) is 4.79 Å². The Balaban J connectivity index is 1.76. The normalized spacial score (nSPS) is 10.2. The second-order valence-corrected chi connectivity index (χ2v) is 5.23. The Morgan fingerprint density at radius 3 is 2.32 bits per heavy atom. The van der Waals surface area contributed by atoms with E-state index in [1.165, 1.54) is 24.8 Å². The highest BCUT2D eigenvalue weighted by Crippen LogP contribution is 2.15. The molecule has 0 fully saturated rings. The fourth-order valence-corrected chi connectivity index (χ4v) is 2.15. The molecule has 0 saturated carbocycles. The molecule has 0 N–H and O–H groups in total. The Hall–Kier alpha value is -2.29. The van der Waals surface area contributed by atoms with E-state index in [0.717, 1.165) is 12.0 Å². The van der Waals surface area contributed by atoms with Crippen LogP contribution in [0.3, 0.4) is 0 Å². The van der Waals surface area contributed by atoms with E-state index < -0.39 is 6.16 Å². The third-order valence-electron chi connectivity index (χ3n) is 3.39. The first-order valence-corrected chi connectivity index (χ1v) is 7.75. The zero-order valence-corrected chi connectivity index (χ0v) is 13.0. The number of hydrogen-bond acceptors (Lipinski definition) is 3. The van der Waals surface area contributed by atoms with Gasteiger partial charge in [-0.1, -0.05) is 62.2 Å². The van der Waals surface area contributed by atoms with Crippen molar-refractivity contribution < 1.29 is 14.3 Å². The molecule has 0 aromatic heterocycles. The molecule has 0 spiro atoms. The fraction of sp³-hybridized carbons (Fsp3) is 0.316. The van der Waals surface area contributed by atoms with Gasteiger partial charge >= 0.3 is 6.16 Å². The first-order chi connectivity index (χ1) is 10.8. The van der Waals surface area contributed by atoms with Crippen molar-refractivity contribution in [1.29, 1.82) is 0 Å². The van der Waals surface area contributed by atoms with Gasteiger partial charge in [-0.2, -0.15) is 0 Å². The van der Waals surface area contributed by atoms with Gasteiger partial charge in [-0.3, -0.25) is 0 Å². The van der Waals surface area contributed by atoms with Gasteiger partial charge in [-0.25, -0.2) is 4.79 Å². The molecule has 0 aliphatic carbocycles. The predicted octanol–water partition coefficient (Wildman–Crippen LogP) is 5.13. The van der Waals surface area contributed by atoms with Crippen LogP contribution in [0.15, 0.2) is 54.6 Å². The van der Waals surface area contributed by atoms with Crippen molar-refractivity contribution in [2.24, 2.45) is 0 Å². The van der Waals surface area contributed by atoms with Crippen LogP contribution >= 0.6 is 0 Å². The Kier molecular flexibility index (Phi) is 6.49. The van der Waals surface area contributed by atoms with E-state index in [1.54, 1.807) is 0 Å². The number of rotatable bonds is 7. The molecule has 2 rings (SSSR count). The lowest BCUT2D eigenvalue weighted by Crippen LogP contribution is -2.10. The average molecular weight is 298 g/mol. The van der Waals surface area contributed by atoms with Gasteiger partial charge in [0.2, 0.25) is 0 Å². The summed E-state index contributed by atoms with van der Waals surface area (Å²) in [6.45, 7) is 2.41. The topological polar surface area (TPSA) is 35.5 Å². The van der Waals surface area contributed by atoms with Crippen molar-refractivity contribution in [3.8, 4) is 5.75 Å². The lowest BCUT2D eigenvalue weighted by atomic mass is 10.1. The molecule has 0 atom stereocenters. The molecule has 0 radical (unpaired) electrons. The summed E-state index contributed by atoms with van der Waals surface area (Å²) in [4.78, 5) is 11.6. The molecule has 0 bridgehead atoms. The number of carbonyl (C=O) groups is 1. The highest BCUT2D eigenvalue weighted by Gasteiger charge is 2.06. The molecule has 2 aromatic carbocycles. The largest absolute Gasteiger partial charge is 0.514 e. The van der Waals surface area contributed by atoms with E-state index in [2.05, 4.69) is 6.92 Å². The van der Waals surface area contributed by atoms with Gasteiger partial charge in [0.05, 0.1) is 0 Å². The molecule has 0 saturated heterocycles. The van der Waals surface area contributed by atoms with Crippen molar-refractivity contribution in [3.63, 3.8) is 0 Å². The third-order valence-corrected chi connectivity index (χ3v) is 3.39. The maximum atomic E-state index is 11.6. The minimum absolute atomic E-state index is 0.217. The minimum Gasteiger partial charge on any atom is -0.429 e. The van der Waals surface area contributed by atoms with Gasteiger partial charge in [0.15, 0.2) is 0 Å². The number of carbonyl (C=O) groups excluding carboxylic acids is 1. The predicted molar refractivity (Wildman–Crippen MR) is 86.9 cm³/mol. The van der Waals surface area contributed by atoms with Crippen molar-refractivity contribution in [2.75, 3.05) is 0 Å². The van der Waals surface area contributed by atoms with Crippen LogP contribution in [0.1, 0.15) is 37.3 Å². The van der Waals surface area contributed by atoms with Crippen molar-refractivity contribution in [1.82, 2.24) is 0 Å². The summed E-state index contributed by atoms with van der Waals surface area (Å²) >= 11 is 0. The molecule has 3 heteroatoms. The lowest BCUT2D eigenvalue weighted by Gasteiger charge is -2.07. The van der Waals surface area contributed by atoms with E-state index in [1.807, 2.05) is 54.6 Å². The average Bonchev–Trinajstić information content (AvgIpc) is 2.56. The maximum Gasteiger partial charge on any atom is 0.514 e. The van der Waals surface area contributed by atoms with Gasteiger partial charge in [0.25, 0.3) is 0 Å². The number of unbranched alkanes of at least 4 members (excludes halogenated alkanes) is 2. The number of ether oxygens (including phenoxy) is 2. The number of aryl methyl sites for hydroxylation is 1. The highest BCUT2D eigenvalue weighted by atomic mass is 16.7. The standard InChI is InChI=1S/C19H22O3/c1-2-3-5-8-16-11-13-18(14-12-16)22-19(20)21-15-17-9-6-4-7-10-17/h4,6-7,9-14H,2-3,5,8,15H2,1H3. The van der Waals surface area contributed by atoms with Gasteiger partial charge in [-0.05, 0) is 36.1 Å². The van der Waals surface area contributed by atoms with Crippen LogP contribution in [-0.4, -0.2) is 6.16 Å². The van der Waals surface area contributed by atoms with E-state index in [9.17, 15) is 4.79 Å². The molecular weight excluding hydrogens is 276 g/mol. The van der Waals surface area contributed by atoms with Crippen LogP contribution in [0, 0.1) is 0 Å². The van der Waals surface area contributed by atoms with Crippen LogP contribution in [0.5, 0.6) is 5.75 Å². The summed E-state index contributed by atoms with van der Waals surface area (Å²) in [5, 5.41) is 0. The molecule has 22 heavy (non-hydrogen) atoms. The zero-order valence-electron chi connectivity index (χ0n) is 13.0. The smallest absolute Gasteiger partial charge is 0.429 e. The zero-order chi connectivity index (χ0) is 15.6. The molecule has 0 unspecified atom stereocenters. The summed E-state index contributed by atoms with van der Waals surface area (Å²) in [5.74, 6) is 0.511. The first-order valence-electron chi connectivity index (χ1n) is 7.75. The van der Waals surface area contributed by atoms with Gasteiger partial charge in [-0.15, -0.1) is 0 Å². The van der Waals surface area contributed by atoms with E-state index in [-0.39, 0.29) is 6.61 Å². The molecule has 0 heterocycles. The molecule has 2 aromatic rings. The second kappa shape index (κ2) is 8.88. The van der Waals surface area contributed by atoms with E-state index in [0.29, 0.717) is 5.75 Å². The Morgan fingerprint density at radius 2 is 1.64 bits per heavy atom. The van der Waals surface area contributed by atoms with Crippen molar-refractivity contribution >= 4 is 6.16 Å².